The molecule has 3 aromatic heterocycles. The Labute approximate surface area is 213 Å². The van der Waals surface area contributed by atoms with Gasteiger partial charge < -0.3 is 5.32 Å². The molecule has 182 valence electrons. The van der Waals surface area contributed by atoms with Crippen molar-refractivity contribution in [1.29, 1.82) is 0 Å². The number of nitrogens with one attached hydrogen (secondary N) is 1. The van der Waals surface area contributed by atoms with Crippen molar-refractivity contribution in [2.24, 2.45) is 0 Å². The van der Waals surface area contributed by atoms with Crippen LogP contribution in [0.5, 0.6) is 0 Å². The second-order valence-electron chi connectivity index (χ2n) is 9.26. The number of hydrogen-bond acceptors (Lipinski definition) is 7. The van der Waals surface area contributed by atoms with Crippen molar-refractivity contribution in [3.05, 3.63) is 59.4 Å². The summed E-state index contributed by atoms with van der Waals surface area (Å²) < 4.78 is 19.1. The minimum absolute atomic E-state index is 0.374. The van der Waals surface area contributed by atoms with Crippen molar-refractivity contribution in [3.63, 3.8) is 0 Å². The molecule has 2 aliphatic carbocycles. The van der Waals surface area contributed by atoms with E-state index in [2.05, 4.69) is 19.0 Å². The second-order valence-corrected chi connectivity index (χ2v) is 11.5. The van der Waals surface area contributed by atoms with E-state index in [0.717, 1.165) is 64.4 Å². The maximum atomic E-state index is 14.5. The van der Waals surface area contributed by atoms with E-state index in [1.165, 1.54) is 12.8 Å². The number of fused-ring (bicyclic) bond motifs is 1. The number of aromatic nitrogens is 4. The third kappa shape index (κ3) is 4.94. The first-order valence-electron chi connectivity index (χ1n) is 12.4. The van der Waals surface area contributed by atoms with Crippen LogP contribution in [0, 0.1) is 0 Å². The van der Waals surface area contributed by atoms with E-state index >= 15 is 0 Å². The lowest BCUT2D eigenvalue weighted by Gasteiger charge is -2.31. The van der Waals surface area contributed by atoms with Gasteiger partial charge in [-0.15, -0.1) is 11.3 Å². The SMILES string of the molecule is CCC1=CC(c2nc3sccn3c2-c2ccnc(NC3CCN(SC4CC4)CC3)n2)=CC=CC1F. The monoisotopic (exact) mass is 508 g/mol. The number of rotatable bonds is 7. The molecule has 6 nitrogen and oxygen atoms in total. The fraction of sp³-hybridized carbons (Fsp3) is 0.423. The van der Waals surface area contributed by atoms with Gasteiger partial charge in [-0.3, -0.25) is 8.71 Å². The molecule has 35 heavy (non-hydrogen) atoms. The molecule has 6 rings (SSSR count). The molecule has 9 heteroatoms. The van der Waals surface area contributed by atoms with Crippen LogP contribution in [-0.2, 0) is 0 Å². The molecule has 0 bridgehead atoms. The number of thiazole rings is 1. The molecular weight excluding hydrogens is 479 g/mol. The Kier molecular flexibility index (Phi) is 6.47. The molecule has 3 aromatic rings. The molecule has 4 heterocycles. The Hall–Kier alpha value is -2.49. The summed E-state index contributed by atoms with van der Waals surface area (Å²) in [5, 5.41) is 6.45. The second kappa shape index (κ2) is 9.87. The first kappa shape index (κ1) is 22.9. The third-order valence-electron chi connectivity index (χ3n) is 6.70. The highest BCUT2D eigenvalue weighted by molar-refractivity contribution is 7.97. The van der Waals surface area contributed by atoms with Gasteiger partial charge in [-0.2, -0.15) is 0 Å². The van der Waals surface area contributed by atoms with Gasteiger partial charge in [-0.1, -0.05) is 37.1 Å². The number of allylic oxidation sites excluding steroid dienone is 6. The van der Waals surface area contributed by atoms with Crippen molar-refractivity contribution in [2.45, 2.75) is 56.5 Å². The molecule has 0 amide bonds. The van der Waals surface area contributed by atoms with Crippen LogP contribution in [0.4, 0.5) is 10.3 Å². The average molecular weight is 509 g/mol. The van der Waals surface area contributed by atoms with Crippen LogP contribution in [0.3, 0.4) is 0 Å². The van der Waals surface area contributed by atoms with Gasteiger partial charge in [-0.05, 0) is 49.8 Å². The number of imidazole rings is 1. The van der Waals surface area contributed by atoms with Crippen LogP contribution in [0.2, 0.25) is 0 Å². The highest BCUT2D eigenvalue weighted by atomic mass is 32.2. The molecule has 0 radical (unpaired) electrons. The Balaban J connectivity index is 1.28. The molecule has 1 aliphatic heterocycles. The van der Waals surface area contributed by atoms with Gasteiger partial charge in [0.1, 0.15) is 11.9 Å². The van der Waals surface area contributed by atoms with Crippen LogP contribution in [0.15, 0.2) is 53.7 Å². The minimum Gasteiger partial charge on any atom is -0.351 e. The van der Waals surface area contributed by atoms with Crippen molar-refractivity contribution >= 4 is 39.8 Å². The summed E-state index contributed by atoms with van der Waals surface area (Å²) in [6.07, 6.45) is 15.6. The molecule has 3 aliphatic rings. The zero-order valence-corrected chi connectivity index (χ0v) is 21.4. The van der Waals surface area contributed by atoms with E-state index in [-0.39, 0.29) is 0 Å². The summed E-state index contributed by atoms with van der Waals surface area (Å²) in [6, 6.07) is 2.30. The lowest BCUT2D eigenvalue weighted by Crippen LogP contribution is -2.36. The van der Waals surface area contributed by atoms with Crippen LogP contribution in [0.25, 0.3) is 21.9 Å². The van der Waals surface area contributed by atoms with Gasteiger partial charge in [0, 0.05) is 47.7 Å². The van der Waals surface area contributed by atoms with Crippen molar-refractivity contribution in [3.8, 4) is 11.4 Å². The highest BCUT2D eigenvalue weighted by Crippen LogP contribution is 2.38. The third-order valence-corrected chi connectivity index (χ3v) is 8.89. The molecular formula is C26H29FN6S2. The van der Waals surface area contributed by atoms with E-state index < -0.39 is 6.17 Å². The fourth-order valence-corrected chi connectivity index (χ4v) is 6.52. The zero-order valence-electron chi connectivity index (χ0n) is 19.7. The largest absolute Gasteiger partial charge is 0.351 e. The topological polar surface area (TPSA) is 58.4 Å². The zero-order chi connectivity index (χ0) is 23.8. The summed E-state index contributed by atoms with van der Waals surface area (Å²) >= 11 is 3.62. The molecule has 1 unspecified atom stereocenters. The summed E-state index contributed by atoms with van der Waals surface area (Å²) in [4.78, 5) is 15.2. The predicted molar refractivity (Wildman–Crippen MR) is 143 cm³/mol. The summed E-state index contributed by atoms with van der Waals surface area (Å²) in [6.45, 7) is 4.19. The number of alkyl halides is 1. The number of hydrogen-bond donors (Lipinski definition) is 1. The van der Waals surface area contributed by atoms with Crippen LogP contribution in [0.1, 0.15) is 44.7 Å². The molecule has 1 N–H and O–H groups in total. The summed E-state index contributed by atoms with van der Waals surface area (Å²) in [7, 11) is 0. The van der Waals surface area contributed by atoms with E-state index in [0.29, 0.717) is 18.4 Å². The van der Waals surface area contributed by atoms with E-state index in [9.17, 15) is 4.39 Å². The Morgan fingerprint density at radius 2 is 2.06 bits per heavy atom. The standard InChI is InChI=1S/C26H29FN6S2/c1-2-17-16-18(4-3-5-21(17)27)23-24(33-14-15-34-26(33)31-23)22-8-11-28-25(30-22)29-19-9-12-32(13-10-19)35-20-6-7-20/h3-5,8,11,14-16,19-21H,2,6-7,9-10,12-13H2,1H3,(H,28,29,30). The fourth-order valence-electron chi connectivity index (χ4n) is 4.62. The minimum atomic E-state index is -1.06. The first-order chi connectivity index (χ1) is 17.2. The van der Waals surface area contributed by atoms with Gasteiger partial charge in [-0.25, -0.2) is 19.3 Å². The number of piperidine rings is 1. The van der Waals surface area contributed by atoms with Crippen molar-refractivity contribution < 1.29 is 4.39 Å². The van der Waals surface area contributed by atoms with Crippen molar-refractivity contribution in [2.75, 3.05) is 18.4 Å². The van der Waals surface area contributed by atoms with Gasteiger partial charge in [0.05, 0.1) is 11.4 Å². The normalized spacial score (nSPS) is 21.7. The van der Waals surface area contributed by atoms with E-state index in [1.54, 1.807) is 23.5 Å². The Morgan fingerprint density at radius 3 is 2.86 bits per heavy atom. The maximum Gasteiger partial charge on any atom is 0.223 e. The number of anilines is 1. The van der Waals surface area contributed by atoms with Gasteiger partial charge in [0.15, 0.2) is 4.96 Å². The Bertz CT molecular complexity index is 1300. The van der Waals surface area contributed by atoms with E-state index in [4.69, 9.17) is 9.97 Å². The Morgan fingerprint density at radius 1 is 1.20 bits per heavy atom. The molecule has 0 spiro atoms. The van der Waals surface area contributed by atoms with Crippen LogP contribution in [-0.4, -0.2) is 54.2 Å². The summed E-state index contributed by atoms with van der Waals surface area (Å²) in [5.74, 6) is 0.648. The molecule has 0 aromatic carbocycles. The number of halogens is 1. The first-order valence-corrected chi connectivity index (χ1v) is 14.1. The lowest BCUT2D eigenvalue weighted by molar-refractivity contribution is 0.357. The predicted octanol–water partition coefficient (Wildman–Crippen LogP) is 6.17. The lowest BCUT2D eigenvalue weighted by atomic mass is 10.0. The van der Waals surface area contributed by atoms with Crippen LogP contribution < -0.4 is 5.32 Å². The smallest absolute Gasteiger partial charge is 0.223 e. The molecule has 1 saturated heterocycles. The molecule has 1 atom stereocenters. The van der Waals surface area contributed by atoms with Gasteiger partial charge in [0.2, 0.25) is 5.95 Å². The van der Waals surface area contributed by atoms with Gasteiger partial charge in [0.25, 0.3) is 0 Å². The molecule has 2 fully saturated rings. The molecule has 1 saturated carbocycles. The quantitative estimate of drug-likeness (QED) is 0.385. The van der Waals surface area contributed by atoms with Crippen LogP contribution >= 0.6 is 23.3 Å². The maximum absolute atomic E-state index is 14.5. The van der Waals surface area contributed by atoms with Crippen molar-refractivity contribution in [1.82, 2.24) is 23.7 Å². The average Bonchev–Trinajstić information content (AvgIpc) is 3.50. The number of nitrogens with zero attached hydrogens (tertiary/aromatic N) is 5. The van der Waals surface area contributed by atoms with E-state index in [1.807, 2.05) is 54.9 Å². The summed E-state index contributed by atoms with van der Waals surface area (Å²) in [5.41, 5.74) is 4.19. The highest BCUT2D eigenvalue weighted by Gasteiger charge is 2.28. The van der Waals surface area contributed by atoms with Gasteiger partial charge >= 0.3 is 0 Å².